The monoisotopic (exact) mass is 499 g/mol. The van der Waals surface area contributed by atoms with Gasteiger partial charge in [0.25, 0.3) is 11.7 Å². The van der Waals surface area contributed by atoms with Crippen LogP contribution in [0.3, 0.4) is 0 Å². The van der Waals surface area contributed by atoms with Crippen molar-refractivity contribution in [3.05, 3.63) is 101 Å². The Morgan fingerprint density at radius 2 is 1.68 bits per heavy atom. The molecular weight excluding hydrogens is 466 g/mol. The van der Waals surface area contributed by atoms with Crippen molar-refractivity contribution < 1.29 is 24.2 Å². The highest BCUT2D eigenvalue weighted by Gasteiger charge is 2.46. The van der Waals surface area contributed by atoms with E-state index in [9.17, 15) is 14.7 Å². The molecule has 192 valence electrons. The number of hydrogen-bond donors (Lipinski definition) is 1. The van der Waals surface area contributed by atoms with Gasteiger partial charge in [0.2, 0.25) is 0 Å². The molecule has 1 aliphatic heterocycles. The summed E-state index contributed by atoms with van der Waals surface area (Å²) in [7, 11) is 0. The van der Waals surface area contributed by atoms with Crippen LogP contribution in [0.4, 0.5) is 0 Å². The lowest BCUT2D eigenvalue weighted by molar-refractivity contribution is -0.140. The molecule has 1 amide bonds. The highest BCUT2D eigenvalue weighted by Crippen LogP contribution is 2.41. The fourth-order valence-electron chi connectivity index (χ4n) is 4.51. The summed E-state index contributed by atoms with van der Waals surface area (Å²) in [5.74, 6) is -0.289. The standard InChI is InChI=1S/C31H33NO5/c1-6-36-24-16-14-21(15-17-24)28(33)26-27(22-12-9-10-20(2)18-22)32(30(35)29(26)34)19-23-11-7-8-13-25(23)37-31(3,4)5/h7-18,27,33H,6,19H2,1-5H3/b28-26+. The van der Waals surface area contributed by atoms with Gasteiger partial charge in [-0.2, -0.15) is 0 Å². The lowest BCUT2D eigenvalue weighted by atomic mass is 9.94. The summed E-state index contributed by atoms with van der Waals surface area (Å²) in [5.41, 5.74) is 2.58. The van der Waals surface area contributed by atoms with Crippen LogP contribution in [0.25, 0.3) is 5.76 Å². The van der Waals surface area contributed by atoms with Gasteiger partial charge in [-0.15, -0.1) is 0 Å². The Bertz CT molecular complexity index is 1330. The molecule has 1 aliphatic rings. The molecule has 0 saturated carbocycles. The molecule has 1 saturated heterocycles. The minimum atomic E-state index is -0.755. The number of benzene rings is 3. The summed E-state index contributed by atoms with van der Waals surface area (Å²) in [4.78, 5) is 28.4. The predicted octanol–water partition coefficient (Wildman–Crippen LogP) is 6.19. The third-order valence-corrected chi connectivity index (χ3v) is 6.07. The zero-order valence-corrected chi connectivity index (χ0v) is 21.9. The number of aliphatic hydroxyl groups excluding tert-OH is 1. The molecule has 6 nitrogen and oxygen atoms in total. The van der Waals surface area contributed by atoms with Crippen molar-refractivity contribution in [2.45, 2.75) is 52.8 Å². The molecular formula is C31H33NO5. The Labute approximate surface area is 218 Å². The summed E-state index contributed by atoms with van der Waals surface area (Å²) in [6.45, 7) is 10.4. The van der Waals surface area contributed by atoms with E-state index in [1.807, 2.05) is 83.1 Å². The van der Waals surface area contributed by atoms with Crippen molar-refractivity contribution in [2.75, 3.05) is 6.61 Å². The van der Waals surface area contributed by atoms with Crippen molar-refractivity contribution in [1.29, 1.82) is 0 Å². The van der Waals surface area contributed by atoms with Gasteiger partial charge in [0, 0.05) is 11.1 Å². The SMILES string of the molecule is CCOc1ccc(/C(O)=C2\C(=O)C(=O)N(Cc3ccccc3OC(C)(C)C)C2c2cccc(C)c2)cc1. The summed E-state index contributed by atoms with van der Waals surface area (Å²) in [6.07, 6.45) is 0. The van der Waals surface area contributed by atoms with E-state index in [1.54, 1.807) is 24.3 Å². The maximum absolute atomic E-state index is 13.4. The molecule has 1 N–H and O–H groups in total. The minimum Gasteiger partial charge on any atom is -0.507 e. The normalized spacial score (nSPS) is 17.2. The number of ether oxygens (including phenoxy) is 2. The number of carbonyl (C=O) groups is 2. The highest BCUT2D eigenvalue weighted by molar-refractivity contribution is 6.46. The summed E-state index contributed by atoms with van der Waals surface area (Å²) >= 11 is 0. The molecule has 0 aliphatic carbocycles. The Morgan fingerprint density at radius 3 is 2.32 bits per heavy atom. The number of ketones is 1. The summed E-state index contributed by atoms with van der Waals surface area (Å²) < 4.78 is 11.6. The van der Waals surface area contributed by atoms with Gasteiger partial charge < -0.3 is 19.5 Å². The van der Waals surface area contributed by atoms with Gasteiger partial charge in [-0.05, 0) is 70.5 Å². The lowest BCUT2D eigenvalue weighted by Gasteiger charge is -2.28. The Balaban J connectivity index is 1.82. The molecule has 1 unspecified atom stereocenters. The van der Waals surface area contributed by atoms with Crippen molar-refractivity contribution in [1.82, 2.24) is 4.90 Å². The maximum atomic E-state index is 13.4. The van der Waals surface area contributed by atoms with Crippen LogP contribution in [0.2, 0.25) is 0 Å². The second-order valence-corrected chi connectivity index (χ2v) is 10.1. The molecule has 3 aromatic carbocycles. The Morgan fingerprint density at radius 1 is 0.973 bits per heavy atom. The molecule has 3 aromatic rings. The fraction of sp³-hybridized carbons (Fsp3) is 0.290. The number of aryl methyl sites for hydroxylation is 1. The quantitative estimate of drug-likeness (QED) is 0.238. The summed E-state index contributed by atoms with van der Waals surface area (Å²) in [6, 6.07) is 21.2. The van der Waals surface area contributed by atoms with Gasteiger partial charge in [0.05, 0.1) is 24.8 Å². The second-order valence-electron chi connectivity index (χ2n) is 10.1. The number of rotatable bonds is 7. The van der Waals surface area contributed by atoms with E-state index in [0.29, 0.717) is 23.7 Å². The molecule has 1 fully saturated rings. The van der Waals surface area contributed by atoms with Crippen molar-refractivity contribution in [2.24, 2.45) is 0 Å². The van der Waals surface area contributed by atoms with E-state index in [1.165, 1.54) is 4.90 Å². The first kappa shape index (κ1) is 26.0. The predicted molar refractivity (Wildman–Crippen MR) is 143 cm³/mol. The van der Waals surface area contributed by atoms with Gasteiger partial charge in [-0.25, -0.2) is 0 Å². The number of amides is 1. The highest BCUT2D eigenvalue weighted by atomic mass is 16.5. The average molecular weight is 500 g/mol. The molecule has 4 rings (SSSR count). The minimum absolute atomic E-state index is 0.0639. The van der Waals surface area contributed by atoms with E-state index in [4.69, 9.17) is 9.47 Å². The van der Waals surface area contributed by atoms with Crippen LogP contribution in [0, 0.1) is 6.92 Å². The van der Waals surface area contributed by atoms with Crippen LogP contribution in [-0.2, 0) is 16.1 Å². The second kappa shape index (κ2) is 10.5. The topological polar surface area (TPSA) is 76.1 Å². The first-order chi connectivity index (χ1) is 17.6. The molecule has 0 aromatic heterocycles. The van der Waals surface area contributed by atoms with Gasteiger partial charge >= 0.3 is 0 Å². The molecule has 0 spiro atoms. The number of hydrogen-bond acceptors (Lipinski definition) is 5. The number of Topliss-reactive ketones (excluding diaryl/α,β-unsaturated/α-hetero) is 1. The van der Waals surface area contributed by atoms with E-state index < -0.39 is 23.3 Å². The zero-order valence-electron chi connectivity index (χ0n) is 21.9. The molecule has 37 heavy (non-hydrogen) atoms. The third-order valence-electron chi connectivity index (χ3n) is 6.07. The zero-order chi connectivity index (χ0) is 26.7. The number of carbonyl (C=O) groups excluding carboxylic acids is 2. The van der Waals surface area contributed by atoms with Gasteiger partial charge in [0.1, 0.15) is 22.9 Å². The van der Waals surface area contributed by atoms with Gasteiger partial charge in [0.15, 0.2) is 0 Å². The van der Waals surface area contributed by atoms with Crippen molar-refractivity contribution in [3.8, 4) is 11.5 Å². The third kappa shape index (κ3) is 5.69. The van der Waals surface area contributed by atoms with Crippen molar-refractivity contribution >= 4 is 17.4 Å². The smallest absolute Gasteiger partial charge is 0.295 e. The maximum Gasteiger partial charge on any atom is 0.295 e. The van der Waals surface area contributed by atoms with Crippen LogP contribution in [0.1, 0.15) is 56.0 Å². The van der Waals surface area contributed by atoms with Gasteiger partial charge in [-0.3, -0.25) is 9.59 Å². The largest absolute Gasteiger partial charge is 0.507 e. The Hall–Kier alpha value is -4.06. The lowest BCUT2D eigenvalue weighted by Crippen LogP contribution is -2.30. The molecule has 1 heterocycles. The van der Waals surface area contributed by atoms with E-state index in [2.05, 4.69) is 0 Å². The van der Waals surface area contributed by atoms with Crippen LogP contribution in [0.5, 0.6) is 11.5 Å². The van der Waals surface area contributed by atoms with Crippen LogP contribution in [0.15, 0.2) is 78.4 Å². The van der Waals surface area contributed by atoms with Crippen LogP contribution >= 0.6 is 0 Å². The first-order valence-electron chi connectivity index (χ1n) is 12.4. The average Bonchev–Trinajstić information content (AvgIpc) is 3.09. The van der Waals surface area contributed by atoms with E-state index in [-0.39, 0.29) is 17.9 Å². The number of nitrogens with zero attached hydrogens (tertiary/aromatic N) is 1. The van der Waals surface area contributed by atoms with Gasteiger partial charge in [-0.1, -0.05) is 48.0 Å². The fourth-order valence-corrected chi connectivity index (χ4v) is 4.51. The number of likely N-dealkylation sites (tertiary alicyclic amines) is 1. The molecule has 0 bridgehead atoms. The van der Waals surface area contributed by atoms with Crippen LogP contribution < -0.4 is 9.47 Å². The molecule has 6 heteroatoms. The molecule has 0 radical (unpaired) electrons. The number of para-hydroxylation sites is 1. The van der Waals surface area contributed by atoms with E-state index >= 15 is 0 Å². The number of aliphatic hydroxyl groups is 1. The van der Waals surface area contributed by atoms with E-state index in [0.717, 1.165) is 16.7 Å². The summed E-state index contributed by atoms with van der Waals surface area (Å²) in [5, 5.41) is 11.3. The van der Waals surface area contributed by atoms with Crippen LogP contribution in [-0.4, -0.2) is 33.9 Å². The first-order valence-corrected chi connectivity index (χ1v) is 12.4. The molecule has 1 atom stereocenters. The van der Waals surface area contributed by atoms with Crippen molar-refractivity contribution in [3.63, 3.8) is 0 Å². The Kier molecular flexibility index (Phi) is 7.39.